The van der Waals surface area contributed by atoms with Gasteiger partial charge in [0.1, 0.15) is 5.75 Å². The molecule has 1 aromatic rings. The van der Waals surface area contributed by atoms with Gasteiger partial charge in [-0.05, 0) is 43.5 Å². The molecular formula is C10H15ClO. The predicted molar refractivity (Wildman–Crippen MR) is 54.5 cm³/mol. The van der Waals surface area contributed by atoms with Crippen LogP contribution in [0.4, 0.5) is 0 Å². The van der Waals surface area contributed by atoms with Gasteiger partial charge in [0, 0.05) is 0 Å². The Balaban J connectivity index is 0.00000121. The average Bonchev–Trinajstić information content (AvgIpc) is 1.96. The minimum Gasteiger partial charge on any atom is -0.496 e. The fourth-order valence-corrected chi connectivity index (χ4v) is 1.21. The Hall–Kier alpha value is -0.690. The molecule has 2 heteroatoms. The van der Waals surface area contributed by atoms with Gasteiger partial charge in [-0.2, -0.15) is 0 Å². The summed E-state index contributed by atoms with van der Waals surface area (Å²) in [6.45, 7) is 6.26. The van der Waals surface area contributed by atoms with Gasteiger partial charge in [0.25, 0.3) is 0 Å². The fraction of sp³-hybridized carbons (Fsp3) is 0.400. The number of ether oxygens (including phenoxy) is 1. The molecule has 0 saturated carbocycles. The number of aryl methyl sites for hydroxylation is 2. The highest BCUT2D eigenvalue weighted by molar-refractivity contribution is 5.85. The van der Waals surface area contributed by atoms with Crippen LogP contribution in [0.25, 0.3) is 0 Å². The van der Waals surface area contributed by atoms with Crippen molar-refractivity contribution in [3.05, 3.63) is 28.8 Å². The Kier molecular flexibility index (Phi) is 4.11. The van der Waals surface area contributed by atoms with Crippen molar-refractivity contribution in [2.45, 2.75) is 20.8 Å². The number of rotatable bonds is 1. The predicted octanol–water partition coefficient (Wildman–Crippen LogP) is 3.04. The first-order valence-electron chi connectivity index (χ1n) is 3.77. The summed E-state index contributed by atoms with van der Waals surface area (Å²) in [7, 11) is 1.71. The van der Waals surface area contributed by atoms with E-state index >= 15 is 0 Å². The molecule has 0 atom stereocenters. The number of methoxy groups -OCH3 is 1. The molecule has 0 amide bonds. The minimum atomic E-state index is 0. The van der Waals surface area contributed by atoms with Crippen LogP contribution in [0.1, 0.15) is 16.7 Å². The summed E-state index contributed by atoms with van der Waals surface area (Å²) in [5, 5.41) is 0. The van der Waals surface area contributed by atoms with E-state index in [0.29, 0.717) is 0 Å². The third-order valence-electron chi connectivity index (χ3n) is 1.98. The van der Waals surface area contributed by atoms with E-state index in [1.165, 1.54) is 16.7 Å². The molecule has 1 nitrogen and oxygen atoms in total. The lowest BCUT2D eigenvalue weighted by Gasteiger charge is -2.08. The highest BCUT2D eigenvalue weighted by Crippen LogP contribution is 2.22. The first kappa shape index (κ1) is 11.3. The second-order valence-corrected chi connectivity index (χ2v) is 2.91. The summed E-state index contributed by atoms with van der Waals surface area (Å²) in [5.41, 5.74) is 3.78. The van der Waals surface area contributed by atoms with Crippen LogP contribution in [0.15, 0.2) is 12.1 Å². The smallest absolute Gasteiger partial charge is 0.122 e. The lowest BCUT2D eigenvalue weighted by molar-refractivity contribution is 0.411. The van der Waals surface area contributed by atoms with E-state index in [2.05, 4.69) is 32.9 Å². The van der Waals surface area contributed by atoms with Crippen molar-refractivity contribution in [3.63, 3.8) is 0 Å². The molecule has 0 aliphatic carbocycles. The first-order valence-corrected chi connectivity index (χ1v) is 3.77. The zero-order valence-corrected chi connectivity index (χ0v) is 8.79. The van der Waals surface area contributed by atoms with E-state index in [-0.39, 0.29) is 12.4 Å². The van der Waals surface area contributed by atoms with Crippen LogP contribution in [0.3, 0.4) is 0 Å². The molecule has 0 aromatic heterocycles. The van der Waals surface area contributed by atoms with Crippen LogP contribution < -0.4 is 4.74 Å². The van der Waals surface area contributed by atoms with Crippen molar-refractivity contribution in [2.24, 2.45) is 0 Å². The van der Waals surface area contributed by atoms with E-state index in [1.807, 2.05) is 0 Å². The SMILES string of the molecule is COc1cc(C)cc(C)c1C.Cl. The summed E-state index contributed by atoms with van der Waals surface area (Å²) >= 11 is 0. The molecule has 0 fully saturated rings. The standard InChI is InChI=1S/C10H14O.ClH/c1-7-5-8(2)9(3)10(6-7)11-4;/h5-6H,1-4H3;1H. The molecule has 0 N–H and O–H groups in total. The molecule has 0 unspecified atom stereocenters. The van der Waals surface area contributed by atoms with Gasteiger partial charge >= 0.3 is 0 Å². The highest BCUT2D eigenvalue weighted by atomic mass is 35.5. The maximum absolute atomic E-state index is 5.21. The normalized spacial score (nSPS) is 9.00. The van der Waals surface area contributed by atoms with Gasteiger partial charge in [0.2, 0.25) is 0 Å². The molecule has 0 spiro atoms. The topological polar surface area (TPSA) is 9.23 Å². The van der Waals surface area contributed by atoms with Crippen LogP contribution >= 0.6 is 12.4 Å². The minimum absolute atomic E-state index is 0. The molecule has 1 rings (SSSR count). The Bertz CT molecular complexity index is 269. The van der Waals surface area contributed by atoms with Gasteiger partial charge in [0.05, 0.1) is 7.11 Å². The summed E-state index contributed by atoms with van der Waals surface area (Å²) in [6, 6.07) is 4.22. The largest absolute Gasteiger partial charge is 0.496 e. The van der Waals surface area contributed by atoms with E-state index in [4.69, 9.17) is 4.74 Å². The lowest BCUT2D eigenvalue weighted by Crippen LogP contribution is -1.90. The van der Waals surface area contributed by atoms with Gasteiger partial charge in [-0.3, -0.25) is 0 Å². The number of halogens is 1. The van der Waals surface area contributed by atoms with Gasteiger partial charge in [-0.15, -0.1) is 12.4 Å². The lowest BCUT2D eigenvalue weighted by atomic mass is 10.1. The van der Waals surface area contributed by atoms with Crippen LogP contribution in [0.5, 0.6) is 5.75 Å². The third-order valence-corrected chi connectivity index (χ3v) is 1.98. The zero-order chi connectivity index (χ0) is 8.43. The molecule has 0 aliphatic heterocycles. The average molecular weight is 187 g/mol. The van der Waals surface area contributed by atoms with Gasteiger partial charge in [-0.25, -0.2) is 0 Å². The van der Waals surface area contributed by atoms with E-state index in [9.17, 15) is 0 Å². The summed E-state index contributed by atoms with van der Waals surface area (Å²) < 4.78 is 5.21. The maximum atomic E-state index is 5.21. The molecule has 0 bridgehead atoms. The highest BCUT2D eigenvalue weighted by Gasteiger charge is 2.00. The Morgan fingerprint density at radius 3 is 2.17 bits per heavy atom. The molecule has 68 valence electrons. The fourth-order valence-electron chi connectivity index (χ4n) is 1.21. The number of hydrogen-bond acceptors (Lipinski definition) is 1. The monoisotopic (exact) mass is 186 g/mol. The van der Waals surface area contributed by atoms with Crippen molar-refractivity contribution in [2.75, 3.05) is 7.11 Å². The summed E-state index contributed by atoms with van der Waals surface area (Å²) in [6.07, 6.45) is 0. The van der Waals surface area contributed by atoms with Gasteiger partial charge < -0.3 is 4.74 Å². The van der Waals surface area contributed by atoms with E-state index in [1.54, 1.807) is 7.11 Å². The Labute approximate surface area is 80.2 Å². The second kappa shape index (κ2) is 4.36. The molecule has 0 saturated heterocycles. The van der Waals surface area contributed by atoms with Crippen molar-refractivity contribution < 1.29 is 4.74 Å². The molecule has 0 radical (unpaired) electrons. The Morgan fingerprint density at radius 2 is 1.67 bits per heavy atom. The van der Waals surface area contributed by atoms with Crippen molar-refractivity contribution >= 4 is 12.4 Å². The molecular weight excluding hydrogens is 172 g/mol. The molecule has 0 aliphatic rings. The van der Waals surface area contributed by atoms with Crippen molar-refractivity contribution in [1.82, 2.24) is 0 Å². The van der Waals surface area contributed by atoms with Crippen LogP contribution in [-0.4, -0.2) is 7.11 Å². The molecule has 0 heterocycles. The molecule has 12 heavy (non-hydrogen) atoms. The quantitative estimate of drug-likeness (QED) is 0.655. The van der Waals surface area contributed by atoms with Crippen molar-refractivity contribution in [3.8, 4) is 5.75 Å². The summed E-state index contributed by atoms with van der Waals surface area (Å²) in [5.74, 6) is 0.988. The van der Waals surface area contributed by atoms with Crippen LogP contribution in [-0.2, 0) is 0 Å². The van der Waals surface area contributed by atoms with Gasteiger partial charge in [-0.1, -0.05) is 6.07 Å². The van der Waals surface area contributed by atoms with Crippen molar-refractivity contribution in [1.29, 1.82) is 0 Å². The third kappa shape index (κ3) is 2.15. The zero-order valence-electron chi connectivity index (χ0n) is 7.97. The number of hydrogen-bond donors (Lipinski definition) is 0. The number of benzene rings is 1. The Morgan fingerprint density at radius 1 is 1.08 bits per heavy atom. The van der Waals surface area contributed by atoms with Gasteiger partial charge in [0.15, 0.2) is 0 Å². The first-order chi connectivity index (χ1) is 5.15. The van der Waals surface area contributed by atoms with E-state index in [0.717, 1.165) is 5.75 Å². The summed E-state index contributed by atoms with van der Waals surface area (Å²) in [4.78, 5) is 0. The maximum Gasteiger partial charge on any atom is 0.122 e. The van der Waals surface area contributed by atoms with E-state index < -0.39 is 0 Å². The molecule has 1 aromatic carbocycles. The second-order valence-electron chi connectivity index (χ2n) is 2.91. The van der Waals surface area contributed by atoms with Crippen LogP contribution in [0, 0.1) is 20.8 Å². The van der Waals surface area contributed by atoms with Crippen LogP contribution in [0.2, 0.25) is 0 Å².